The molecule has 1 aliphatic heterocycles. The Balaban J connectivity index is 2.31. The molecule has 1 atom stereocenters. The van der Waals surface area contributed by atoms with Gasteiger partial charge in [0.15, 0.2) is 11.5 Å². The molecule has 3 N–H and O–H groups in total. The normalized spacial score (nSPS) is 17.9. The second-order valence-electron chi connectivity index (χ2n) is 4.70. The summed E-state index contributed by atoms with van der Waals surface area (Å²) in [4.78, 5) is 0. The van der Waals surface area contributed by atoms with Gasteiger partial charge in [0, 0.05) is 13.0 Å². The predicted octanol–water partition coefficient (Wildman–Crippen LogP) is 1.79. The topological polar surface area (TPSA) is 64.7 Å². The van der Waals surface area contributed by atoms with Crippen molar-refractivity contribution < 1.29 is 14.6 Å². The first kappa shape index (κ1) is 13.2. The average Bonchev–Trinajstić information content (AvgIpc) is 2.63. The Kier molecular flexibility index (Phi) is 4.09. The number of fused-ring (bicyclic) bond motifs is 1. The molecule has 18 heavy (non-hydrogen) atoms. The highest BCUT2D eigenvalue weighted by Gasteiger charge is 2.28. The maximum atomic E-state index is 10.5. The van der Waals surface area contributed by atoms with Crippen LogP contribution in [0.2, 0.25) is 0 Å². The molecule has 2 rings (SSSR count). The van der Waals surface area contributed by atoms with Gasteiger partial charge in [-0.1, -0.05) is 19.4 Å². The van der Waals surface area contributed by atoms with Gasteiger partial charge in [0.1, 0.15) is 5.60 Å². The SMILES string of the molecule is CCCC(O)(CN)c1ccc2c(c1)OCCCO2. The van der Waals surface area contributed by atoms with E-state index in [1.807, 2.05) is 25.1 Å². The predicted molar refractivity (Wildman–Crippen MR) is 69.9 cm³/mol. The molecule has 0 aromatic heterocycles. The first-order valence-electron chi connectivity index (χ1n) is 6.52. The van der Waals surface area contributed by atoms with E-state index in [1.54, 1.807) is 0 Å². The van der Waals surface area contributed by atoms with Gasteiger partial charge in [0.2, 0.25) is 0 Å². The van der Waals surface area contributed by atoms with Crippen molar-refractivity contribution in [1.29, 1.82) is 0 Å². The second kappa shape index (κ2) is 5.59. The minimum atomic E-state index is -0.973. The minimum absolute atomic E-state index is 0.209. The molecule has 1 aromatic rings. The molecule has 0 spiro atoms. The average molecular weight is 251 g/mol. The summed E-state index contributed by atoms with van der Waals surface area (Å²) >= 11 is 0. The van der Waals surface area contributed by atoms with Gasteiger partial charge in [0.25, 0.3) is 0 Å². The van der Waals surface area contributed by atoms with Gasteiger partial charge in [-0.25, -0.2) is 0 Å². The fraction of sp³-hybridized carbons (Fsp3) is 0.571. The maximum absolute atomic E-state index is 10.5. The van der Waals surface area contributed by atoms with Gasteiger partial charge >= 0.3 is 0 Å². The Labute approximate surface area is 108 Å². The Morgan fingerprint density at radius 2 is 2.00 bits per heavy atom. The van der Waals surface area contributed by atoms with E-state index in [0.717, 1.165) is 24.2 Å². The zero-order valence-electron chi connectivity index (χ0n) is 10.8. The zero-order valence-corrected chi connectivity index (χ0v) is 10.8. The first-order valence-corrected chi connectivity index (χ1v) is 6.52. The molecule has 0 aliphatic carbocycles. The van der Waals surface area contributed by atoms with Crippen molar-refractivity contribution in [3.8, 4) is 11.5 Å². The molecule has 4 heteroatoms. The fourth-order valence-corrected chi connectivity index (χ4v) is 2.23. The van der Waals surface area contributed by atoms with Crippen LogP contribution in [0.15, 0.2) is 18.2 Å². The smallest absolute Gasteiger partial charge is 0.161 e. The second-order valence-corrected chi connectivity index (χ2v) is 4.70. The minimum Gasteiger partial charge on any atom is -0.490 e. The standard InChI is InChI=1S/C14H21NO3/c1-2-6-14(16,10-15)11-4-5-12-13(9-11)18-8-3-7-17-12/h4-5,9,16H,2-3,6-8,10,15H2,1H3. The molecule has 0 bridgehead atoms. The summed E-state index contributed by atoms with van der Waals surface area (Å²) in [5.74, 6) is 1.44. The van der Waals surface area contributed by atoms with Crippen LogP contribution in [0.3, 0.4) is 0 Å². The highest BCUT2D eigenvalue weighted by molar-refractivity contribution is 5.45. The van der Waals surface area contributed by atoms with Crippen molar-refractivity contribution in [1.82, 2.24) is 0 Å². The molecular formula is C14H21NO3. The third-order valence-corrected chi connectivity index (χ3v) is 3.29. The van der Waals surface area contributed by atoms with Gasteiger partial charge in [-0.05, 0) is 24.1 Å². The summed E-state index contributed by atoms with van der Waals surface area (Å²) in [5.41, 5.74) is 5.54. The van der Waals surface area contributed by atoms with Crippen LogP contribution < -0.4 is 15.2 Å². The van der Waals surface area contributed by atoms with Gasteiger partial charge in [-0.2, -0.15) is 0 Å². The van der Waals surface area contributed by atoms with E-state index in [-0.39, 0.29) is 6.54 Å². The summed E-state index contributed by atoms with van der Waals surface area (Å²) in [6.07, 6.45) is 2.39. The molecule has 1 aliphatic rings. The van der Waals surface area contributed by atoms with Gasteiger partial charge in [-0.3, -0.25) is 0 Å². The summed E-state index contributed by atoms with van der Waals surface area (Å²) in [5, 5.41) is 10.5. The van der Waals surface area contributed by atoms with Gasteiger partial charge in [0.05, 0.1) is 13.2 Å². The van der Waals surface area contributed by atoms with Gasteiger partial charge in [-0.15, -0.1) is 0 Å². The molecule has 1 unspecified atom stereocenters. The third-order valence-electron chi connectivity index (χ3n) is 3.29. The summed E-state index contributed by atoms with van der Waals surface area (Å²) in [6, 6.07) is 5.57. The summed E-state index contributed by atoms with van der Waals surface area (Å²) < 4.78 is 11.2. The Bertz CT molecular complexity index is 408. The highest BCUT2D eigenvalue weighted by atomic mass is 16.5. The van der Waals surface area contributed by atoms with Crippen LogP contribution in [0.5, 0.6) is 11.5 Å². The number of aliphatic hydroxyl groups is 1. The number of nitrogens with two attached hydrogens (primary N) is 1. The molecule has 0 radical (unpaired) electrons. The molecule has 100 valence electrons. The maximum Gasteiger partial charge on any atom is 0.161 e. The van der Waals surface area contributed by atoms with E-state index in [4.69, 9.17) is 15.2 Å². The van der Waals surface area contributed by atoms with Crippen molar-refractivity contribution >= 4 is 0 Å². The zero-order chi connectivity index (χ0) is 13.0. The number of hydrogen-bond acceptors (Lipinski definition) is 4. The van der Waals surface area contributed by atoms with Crippen LogP contribution >= 0.6 is 0 Å². The van der Waals surface area contributed by atoms with Crippen LogP contribution in [-0.2, 0) is 5.60 Å². The molecule has 1 heterocycles. The lowest BCUT2D eigenvalue weighted by Crippen LogP contribution is -2.34. The third kappa shape index (κ3) is 2.60. The van der Waals surface area contributed by atoms with E-state index in [1.165, 1.54) is 0 Å². The molecule has 4 nitrogen and oxygen atoms in total. The van der Waals surface area contributed by atoms with E-state index in [0.29, 0.717) is 25.4 Å². The molecular weight excluding hydrogens is 230 g/mol. The number of benzene rings is 1. The summed E-state index contributed by atoms with van der Waals surface area (Å²) in [6.45, 7) is 3.55. The number of hydrogen-bond donors (Lipinski definition) is 2. The summed E-state index contributed by atoms with van der Waals surface area (Å²) in [7, 11) is 0. The van der Waals surface area contributed by atoms with Crippen molar-refractivity contribution in [2.24, 2.45) is 5.73 Å². The van der Waals surface area contributed by atoms with Gasteiger partial charge < -0.3 is 20.3 Å². The Hall–Kier alpha value is -1.26. The highest BCUT2D eigenvalue weighted by Crippen LogP contribution is 2.35. The fourth-order valence-electron chi connectivity index (χ4n) is 2.23. The lowest BCUT2D eigenvalue weighted by Gasteiger charge is -2.27. The van der Waals surface area contributed by atoms with Crippen LogP contribution in [-0.4, -0.2) is 24.9 Å². The number of rotatable bonds is 4. The van der Waals surface area contributed by atoms with Crippen LogP contribution in [0, 0.1) is 0 Å². The van der Waals surface area contributed by atoms with Crippen molar-refractivity contribution in [2.45, 2.75) is 31.8 Å². The van der Waals surface area contributed by atoms with Crippen LogP contribution in [0.1, 0.15) is 31.7 Å². The quantitative estimate of drug-likeness (QED) is 0.856. The molecule has 1 aromatic carbocycles. The van der Waals surface area contributed by atoms with E-state index >= 15 is 0 Å². The first-order chi connectivity index (χ1) is 8.69. The molecule has 0 fully saturated rings. The molecule has 0 saturated carbocycles. The largest absolute Gasteiger partial charge is 0.490 e. The van der Waals surface area contributed by atoms with Crippen LogP contribution in [0.4, 0.5) is 0 Å². The van der Waals surface area contributed by atoms with E-state index in [2.05, 4.69) is 0 Å². The van der Waals surface area contributed by atoms with E-state index < -0.39 is 5.60 Å². The molecule has 0 saturated heterocycles. The Morgan fingerprint density at radius 1 is 1.28 bits per heavy atom. The molecule has 0 amide bonds. The lowest BCUT2D eigenvalue weighted by atomic mass is 9.89. The van der Waals surface area contributed by atoms with Crippen molar-refractivity contribution in [2.75, 3.05) is 19.8 Å². The Morgan fingerprint density at radius 3 is 2.67 bits per heavy atom. The monoisotopic (exact) mass is 251 g/mol. The van der Waals surface area contributed by atoms with Crippen LogP contribution in [0.25, 0.3) is 0 Å². The number of ether oxygens (including phenoxy) is 2. The van der Waals surface area contributed by atoms with E-state index in [9.17, 15) is 5.11 Å². The van der Waals surface area contributed by atoms with Crippen molar-refractivity contribution in [3.63, 3.8) is 0 Å². The van der Waals surface area contributed by atoms with Crippen molar-refractivity contribution in [3.05, 3.63) is 23.8 Å². The lowest BCUT2D eigenvalue weighted by molar-refractivity contribution is 0.0356.